The van der Waals surface area contributed by atoms with Gasteiger partial charge in [0, 0.05) is 32.2 Å². The van der Waals surface area contributed by atoms with Crippen molar-refractivity contribution >= 4 is 16.9 Å². The van der Waals surface area contributed by atoms with Gasteiger partial charge in [-0.25, -0.2) is 0 Å². The van der Waals surface area contributed by atoms with E-state index < -0.39 is 0 Å². The van der Waals surface area contributed by atoms with Gasteiger partial charge in [0.2, 0.25) is 5.91 Å². The minimum Gasteiger partial charge on any atom is -0.391 e. The number of fused-ring (bicyclic) bond motifs is 2. The van der Waals surface area contributed by atoms with E-state index in [9.17, 15) is 9.90 Å². The predicted molar refractivity (Wildman–Crippen MR) is 103 cm³/mol. The number of carbonyl (C=O) groups is 1. The molecule has 5 rings (SSSR count). The number of aromatic nitrogens is 3. The minimum atomic E-state index is -0.313. The molecule has 8 heteroatoms. The Morgan fingerprint density at radius 1 is 1.07 bits per heavy atom. The van der Waals surface area contributed by atoms with E-state index in [0.29, 0.717) is 11.8 Å². The number of aliphatic hydroxyl groups excluding tert-OH is 1. The predicted octanol–water partition coefficient (Wildman–Crippen LogP) is 0.361. The molecule has 8 nitrogen and oxygen atoms in total. The Morgan fingerprint density at radius 3 is 2.39 bits per heavy atom. The van der Waals surface area contributed by atoms with E-state index in [1.807, 2.05) is 29.2 Å². The molecule has 1 amide bonds. The first kappa shape index (κ1) is 18.0. The summed E-state index contributed by atoms with van der Waals surface area (Å²) in [5.41, 5.74) is 1.61. The highest BCUT2D eigenvalue weighted by Gasteiger charge is 2.44. The SMILES string of the molecule is O=C(Cn1nc2ccccc2n1)N1C[C@H]2C[C@@H](N3CCOCC3)[C@H](O)C[C@H]2C1. The molecule has 2 aliphatic heterocycles. The molecule has 3 heterocycles. The lowest BCUT2D eigenvalue weighted by Crippen LogP contribution is -2.53. The van der Waals surface area contributed by atoms with Crippen molar-refractivity contribution in [2.75, 3.05) is 39.4 Å². The number of rotatable bonds is 3. The number of nitrogens with zero attached hydrogens (tertiary/aromatic N) is 5. The van der Waals surface area contributed by atoms with Crippen molar-refractivity contribution in [1.29, 1.82) is 0 Å². The molecular formula is C20H27N5O3. The van der Waals surface area contributed by atoms with Gasteiger partial charge in [0.1, 0.15) is 17.6 Å². The standard InChI is InChI=1S/C20H27N5O3/c26-19-10-15-12-24(11-14(15)9-18(19)23-5-7-28-8-6-23)20(27)13-25-21-16-3-1-2-4-17(16)22-25/h1-4,14-15,18-19,26H,5-13H2/t14-,15+,18-,19-/m1/s1. The van der Waals surface area contributed by atoms with E-state index in [4.69, 9.17) is 4.74 Å². The normalized spacial score (nSPS) is 31.2. The van der Waals surface area contributed by atoms with E-state index >= 15 is 0 Å². The van der Waals surface area contributed by atoms with Crippen molar-refractivity contribution in [2.45, 2.75) is 31.5 Å². The van der Waals surface area contributed by atoms with Gasteiger partial charge in [-0.05, 0) is 36.8 Å². The summed E-state index contributed by atoms with van der Waals surface area (Å²) in [6, 6.07) is 7.84. The highest BCUT2D eigenvalue weighted by molar-refractivity contribution is 5.77. The molecule has 2 aromatic rings. The van der Waals surface area contributed by atoms with Gasteiger partial charge in [-0.15, -0.1) is 0 Å². The second kappa shape index (κ2) is 7.42. The zero-order chi connectivity index (χ0) is 19.1. The van der Waals surface area contributed by atoms with Crippen molar-refractivity contribution in [3.8, 4) is 0 Å². The Labute approximate surface area is 164 Å². The molecule has 28 heavy (non-hydrogen) atoms. The third kappa shape index (κ3) is 3.40. The van der Waals surface area contributed by atoms with Gasteiger partial charge < -0.3 is 14.7 Å². The van der Waals surface area contributed by atoms with Crippen LogP contribution in [0.25, 0.3) is 11.0 Å². The molecule has 0 bridgehead atoms. The molecule has 0 radical (unpaired) electrons. The Bertz CT molecular complexity index is 816. The number of carbonyl (C=O) groups excluding carboxylic acids is 1. The van der Waals surface area contributed by atoms with E-state index in [1.54, 1.807) is 0 Å². The summed E-state index contributed by atoms with van der Waals surface area (Å²) in [6.07, 6.45) is 1.42. The molecule has 1 aromatic heterocycles. The first-order valence-corrected chi connectivity index (χ1v) is 10.2. The van der Waals surface area contributed by atoms with Crippen molar-refractivity contribution in [3.63, 3.8) is 0 Å². The van der Waals surface area contributed by atoms with Crippen LogP contribution < -0.4 is 0 Å². The average molecular weight is 385 g/mol. The largest absolute Gasteiger partial charge is 0.391 e. The van der Waals surface area contributed by atoms with Crippen LogP contribution in [-0.2, 0) is 16.1 Å². The summed E-state index contributed by atoms with van der Waals surface area (Å²) in [4.78, 5) is 18.6. The van der Waals surface area contributed by atoms with Gasteiger partial charge in [0.05, 0.1) is 19.3 Å². The molecule has 1 aliphatic carbocycles. The van der Waals surface area contributed by atoms with Crippen LogP contribution in [0.5, 0.6) is 0 Å². The molecule has 4 atom stereocenters. The van der Waals surface area contributed by atoms with Crippen molar-refractivity contribution in [2.24, 2.45) is 11.8 Å². The van der Waals surface area contributed by atoms with Crippen LogP contribution in [0.4, 0.5) is 0 Å². The Hall–Kier alpha value is -2.03. The first-order chi connectivity index (χ1) is 13.7. The van der Waals surface area contributed by atoms with Crippen molar-refractivity contribution in [1.82, 2.24) is 24.8 Å². The second-order valence-electron chi connectivity index (χ2n) is 8.29. The zero-order valence-corrected chi connectivity index (χ0v) is 16.0. The maximum absolute atomic E-state index is 12.8. The first-order valence-electron chi connectivity index (χ1n) is 10.2. The molecule has 3 aliphatic rings. The van der Waals surface area contributed by atoms with Crippen molar-refractivity contribution < 1.29 is 14.6 Å². The molecule has 2 saturated heterocycles. The quantitative estimate of drug-likeness (QED) is 0.822. The van der Waals surface area contributed by atoms with Crippen LogP contribution in [0.15, 0.2) is 24.3 Å². The Morgan fingerprint density at radius 2 is 1.71 bits per heavy atom. The summed E-state index contributed by atoms with van der Waals surface area (Å²) >= 11 is 0. The number of aliphatic hydroxyl groups is 1. The Balaban J connectivity index is 1.23. The third-order valence-electron chi connectivity index (χ3n) is 6.58. The number of hydrogen-bond donors (Lipinski definition) is 1. The van der Waals surface area contributed by atoms with Crippen LogP contribution in [0.2, 0.25) is 0 Å². The lowest BCUT2D eigenvalue weighted by atomic mass is 9.77. The van der Waals surface area contributed by atoms with Gasteiger partial charge in [-0.2, -0.15) is 15.0 Å². The summed E-state index contributed by atoms with van der Waals surface area (Å²) in [5, 5.41) is 19.5. The number of hydrogen-bond acceptors (Lipinski definition) is 6. The third-order valence-corrected chi connectivity index (χ3v) is 6.58. The van der Waals surface area contributed by atoms with Crippen LogP contribution >= 0.6 is 0 Å². The summed E-state index contributed by atoms with van der Waals surface area (Å²) in [5.74, 6) is 0.915. The fraction of sp³-hybridized carbons (Fsp3) is 0.650. The van der Waals surface area contributed by atoms with Crippen LogP contribution in [-0.4, -0.2) is 87.3 Å². The van der Waals surface area contributed by atoms with Gasteiger partial charge in [0.15, 0.2) is 0 Å². The van der Waals surface area contributed by atoms with Crippen LogP contribution in [0.1, 0.15) is 12.8 Å². The highest BCUT2D eigenvalue weighted by atomic mass is 16.5. The lowest BCUT2D eigenvalue weighted by Gasteiger charge is -2.43. The van der Waals surface area contributed by atoms with E-state index in [-0.39, 0.29) is 24.6 Å². The topological polar surface area (TPSA) is 83.7 Å². The Kier molecular flexibility index (Phi) is 4.78. The fourth-order valence-electron chi connectivity index (χ4n) is 5.11. The van der Waals surface area contributed by atoms with E-state index in [0.717, 1.165) is 63.3 Å². The molecule has 1 aromatic carbocycles. The van der Waals surface area contributed by atoms with Crippen LogP contribution in [0.3, 0.4) is 0 Å². The van der Waals surface area contributed by atoms with E-state index in [1.165, 1.54) is 4.80 Å². The number of likely N-dealkylation sites (tertiary alicyclic amines) is 1. The number of ether oxygens (including phenoxy) is 1. The maximum Gasteiger partial charge on any atom is 0.246 e. The zero-order valence-electron chi connectivity index (χ0n) is 16.0. The number of benzene rings is 1. The number of morpholine rings is 1. The van der Waals surface area contributed by atoms with Crippen molar-refractivity contribution in [3.05, 3.63) is 24.3 Å². The summed E-state index contributed by atoms with van der Waals surface area (Å²) < 4.78 is 5.45. The van der Waals surface area contributed by atoms with Gasteiger partial charge in [0.25, 0.3) is 0 Å². The number of amides is 1. The summed E-state index contributed by atoms with van der Waals surface area (Å²) in [7, 11) is 0. The molecule has 0 unspecified atom stereocenters. The van der Waals surface area contributed by atoms with E-state index in [2.05, 4.69) is 15.1 Å². The van der Waals surface area contributed by atoms with Gasteiger partial charge in [-0.3, -0.25) is 9.69 Å². The molecule has 3 fully saturated rings. The smallest absolute Gasteiger partial charge is 0.246 e. The monoisotopic (exact) mass is 385 g/mol. The van der Waals surface area contributed by atoms with Crippen LogP contribution in [0, 0.1) is 11.8 Å². The fourth-order valence-corrected chi connectivity index (χ4v) is 5.11. The molecule has 1 saturated carbocycles. The molecular weight excluding hydrogens is 358 g/mol. The second-order valence-corrected chi connectivity index (χ2v) is 8.29. The maximum atomic E-state index is 12.8. The average Bonchev–Trinajstić information content (AvgIpc) is 3.31. The van der Waals surface area contributed by atoms with Gasteiger partial charge in [-0.1, -0.05) is 12.1 Å². The highest BCUT2D eigenvalue weighted by Crippen LogP contribution is 2.38. The minimum absolute atomic E-state index is 0.0621. The van der Waals surface area contributed by atoms with Gasteiger partial charge >= 0.3 is 0 Å². The molecule has 150 valence electrons. The molecule has 0 spiro atoms. The molecule has 1 N–H and O–H groups in total. The summed E-state index contributed by atoms with van der Waals surface area (Å²) in [6.45, 7) is 4.94. The lowest BCUT2D eigenvalue weighted by molar-refractivity contribution is -0.131.